The molecular formula is C17H20BrN3. The molecule has 1 aromatic heterocycles. The average Bonchev–Trinajstić information content (AvgIpc) is 2.92. The highest BCUT2D eigenvalue weighted by Gasteiger charge is 2.17. The largest absolute Gasteiger partial charge is 0.371 e. The highest BCUT2D eigenvalue weighted by molar-refractivity contribution is 9.10. The molecule has 3 rings (SSSR count). The Kier molecular flexibility index (Phi) is 4.88. The van der Waals surface area contributed by atoms with Gasteiger partial charge in [-0.1, -0.05) is 18.2 Å². The van der Waals surface area contributed by atoms with E-state index in [2.05, 4.69) is 55.4 Å². The Balaban J connectivity index is 1.38. The molecule has 0 radical (unpaired) electrons. The lowest BCUT2D eigenvalue weighted by atomic mass is 10.2. The van der Waals surface area contributed by atoms with Gasteiger partial charge in [0.15, 0.2) is 0 Å². The molecule has 1 N–H and O–H groups in total. The first-order valence-corrected chi connectivity index (χ1v) is 8.26. The van der Waals surface area contributed by atoms with Crippen molar-refractivity contribution in [1.82, 2.24) is 10.3 Å². The van der Waals surface area contributed by atoms with Crippen LogP contribution in [0.15, 0.2) is 47.1 Å². The van der Waals surface area contributed by atoms with Crippen molar-refractivity contribution in [2.24, 2.45) is 0 Å². The number of aromatic nitrogens is 1. The van der Waals surface area contributed by atoms with Crippen LogP contribution in [0.3, 0.4) is 0 Å². The smallest absolute Gasteiger partial charge is 0.0542 e. The lowest BCUT2D eigenvalue weighted by Crippen LogP contribution is -2.25. The van der Waals surface area contributed by atoms with Crippen LogP contribution in [0.4, 0.5) is 5.69 Å². The summed E-state index contributed by atoms with van der Waals surface area (Å²) in [5.41, 5.74) is 4.00. The molecule has 0 unspecified atom stereocenters. The SMILES string of the molecule is Brc1ccc(CNCCCN2CCc3ccccc32)nc1. The number of para-hydroxylation sites is 1. The van der Waals surface area contributed by atoms with Gasteiger partial charge in [0.1, 0.15) is 0 Å². The molecule has 1 aromatic carbocycles. The zero-order chi connectivity index (χ0) is 14.5. The Labute approximate surface area is 134 Å². The lowest BCUT2D eigenvalue weighted by molar-refractivity contribution is 0.631. The summed E-state index contributed by atoms with van der Waals surface area (Å²) in [7, 11) is 0. The van der Waals surface area contributed by atoms with Gasteiger partial charge < -0.3 is 10.2 Å². The van der Waals surface area contributed by atoms with Gasteiger partial charge in [-0.05, 0) is 59.1 Å². The number of pyridine rings is 1. The Morgan fingerprint density at radius 1 is 1.19 bits per heavy atom. The molecule has 0 amide bonds. The van der Waals surface area contributed by atoms with Crippen LogP contribution < -0.4 is 10.2 Å². The summed E-state index contributed by atoms with van der Waals surface area (Å²) in [5, 5.41) is 3.46. The van der Waals surface area contributed by atoms with E-state index in [0.717, 1.165) is 42.8 Å². The molecule has 3 nitrogen and oxygen atoms in total. The van der Waals surface area contributed by atoms with E-state index in [-0.39, 0.29) is 0 Å². The summed E-state index contributed by atoms with van der Waals surface area (Å²) in [4.78, 5) is 6.86. The van der Waals surface area contributed by atoms with E-state index >= 15 is 0 Å². The number of fused-ring (bicyclic) bond motifs is 1. The molecule has 0 saturated heterocycles. The van der Waals surface area contributed by atoms with Gasteiger partial charge in [0, 0.05) is 36.0 Å². The molecule has 2 heterocycles. The van der Waals surface area contributed by atoms with Gasteiger partial charge in [-0.2, -0.15) is 0 Å². The van der Waals surface area contributed by atoms with Gasteiger partial charge in [0.2, 0.25) is 0 Å². The van der Waals surface area contributed by atoms with Crippen molar-refractivity contribution in [3.05, 3.63) is 58.3 Å². The maximum Gasteiger partial charge on any atom is 0.0542 e. The average molecular weight is 346 g/mol. The number of hydrogen-bond donors (Lipinski definition) is 1. The molecule has 21 heavy (non-hydrogen) atoms. The minimum Gasteiger partial charge on any atom is -0.371 e. The second-order valence-corrected chi connectivity index (χ2v) is 6.28. The van der Waals surface area contributed by atoms with Crippen LogP contribution in [0.2, 0.25) is 0 Å². The summed E-state index contributed by atoms with van der Waals surface area (Å²) in [6.45, 7) is 4.14. The Bertz CT molecular complexity index is 583. The number of benzene rings is 1. The molecule has 0 fully saturated rings. The number of anilines is 1. The fraction of sp³-hybridized carbons (Fsp3) is 0.353. The molecule has 0 atom stereocenters. The van der Waals surface area contributed by atoms with Crippen molar-refractivity contribution in [2.45, 2.75) is 19.4 Å². The van der Waals surface area contributed by atoms with E-state index in [1.165, 1.54) is 17.7 Å². The van der Waals surface area contributed by atoms with E-state index in [1.54, 1.807) is 0 Å². The summed E-state index contributed by atoms with van der Waals surface area (Å²) < 4.78 is 1.03. The molecule has 1 aliphatic rings. The minimum absolute atomic E-state index is 0.837. The van der Waals surface area contributed by atoms with Crippen LogP contribution >= 0.6 is 15.9 Å². The van der Waals surface area contributed by atoms with Crippen LogP contribution in [-0.2, 0) is 13.0 Å². The number of rotatable bonds is 6. The third-order valence-corrected chi connectivity index (χ3v) is 4.33. The van der Waals surface area contributed by atoms with Crippen molar-refractivity contribution < 1.29 is 0 Å². The zero-order valence-corrected chi connectivity index (χ0v) is 13.6. The molecule has 0 aliphatic carbocycles. The van der Waals surface area contributed by atoms with Crippen molar-refractivity contribution in [3.8, 4) is 0 Å². The molecule has 0 saturated carbocycles. The first-order valence-electron chi connectivity index (χ1n) is 7.47. The van der Waals surface area contributed by atoms with Crippen LogP contribution in [0, 0.1) is 0 Å². The molecule has 2 aromatic rings. The molecule has 0 spiro atoms. The van der Waals surface area contributed by atoms with Gasteiger partial charge in [-0.15, -0.1) is 0 Å². The van der Waals surface area contributed by atoms with Gasteiger partial charge in [0.05, 0.1) is 5.69 Å². The van der Waals surface area contributed by atoms with Crippen molar-refractivity contribution in [2.75, 3.05) is 24.5 Å². The lowest BCUT2D eigenvalue weighted by Gasteiger charge is -2.19. The van der Waals surface area contributed by atoms with Gasteiger partial charge in [-0.3, -0.25) is 4.98 Å². The van der Waals surface area contributed by atoms with E-state index < -0.39 is 0 Å². The summed E-state index contributed by atoms with van der Waals surface area (Å²) in [6.07, 6.45) is 4.19. The maximum absolute atomic E-state index is 4.36. The third kappa shape index (κ3) is 3.83. The summed E-state index contributed by atoms with van der Waals surface area (Å²) in [5.74, 6) is 0. The first-order chi connectivity index (χ1) is 10.3. The minimum atomic E-state index is 0.837. The van der Waals surface area contributed by atoms with Gasteiger partial charge >= 0.3 is 0 Å². The number of halogens is 1. The summed E-state index contributed by atoms with van der Waals surface area (Å²) >= 11 is 3.40. The van der Waals surface area contributed by atoms with Gasteiger partial charge in [-0.25, -0.2) is 0 Å². The van der Waals surface area contributed by atoms with E-state index in [1.807, 2.05) is 18.3 Å². The Morgan fingerprint density at radius 2 is 2.10 bits per heavy atom. The van der Waals surface area contributed by atoms with Crippen molar-refractivity contribution in [3.63, 3.8) is 0 Å². The van der Waals surface area contributed by atoms with E-state index in [0.29, 0.717) is 0 Å². The number of hydrogen-bond acceptors (Lipinski definition) is 3. The zero-order valence-electron chi connectivity index (χ0n) is 12.1. The molecule has 0 bridgehead atoms. The van der Waals surface area contributed by atoms with Crippen molar-refractivity contribution in [1.29, 1.82) is 0 Å². The Morgan fingerprint density at radius 3 is 2.95 bits per heavy atom. The molecule has 110 valence electrons. The fourth-order valence-electron chi connectivity index (χ4n) is 2.76. The molecule has 4 heteroatoms. The molecule has 1 aliphatic heterocycles. The first kappa shape index (κ1) is 14.5. The van der Waals surface area contributed by atoms with Gasteiger partial charge in [0.25, 0.3) is 0 Å². The van der Waals surface area contributed by atoms with Crippen LogP contribution in [0.25, 0.3) is 0 Å². The fourth-order valence-corrected chi connectivity index (χ4v) is 3.00. The quantitative estimate of drug-likeness (QED) is 0.813. The maximum atomic E-state index is 4.36. The second kappa shape index (κ2) is 7.05. The highest BCUT2D eigenvalue weighted by atomic mass is 79.9. The highest BCUT2D eigenvalue weighted by Crippen LogP contribution is 2.27. The topological polar surface area (TPSA) is 28.2 Å². The van der Waals surface area contributed by atoms with Crippen molar-refractivity contribution >= 4 is 21.6 Å². The van der Waals surface area contributed by atoms with Crippen LogP contribution in [-0.4, -0.2) is 24.6 Å². The van der Waals surface area contributed by atoms with E-state index in [4.69, 9.17) is 0 Å². The predicted octanol–water partition coefficient (Wildman–Crippen LogP) is 3.39. The third-order valence-electron chi connectivity index (χ3n) is 3.86. The van der Waals surface area contributed by atoms with Crippen LogP contribution in [0.5, 0.6) is 0 Å². The normalized spacial score (nSPS) is 13.5. The monoisotopic (exact) mass is 345 g/mol. The predicted molar refractivity (Wildman–Crippen MR) is 90.6 cm³/mol. The standard InChI is InChI=1S/C17H20BrN3/c18-15-6-7-16(20-12-15)13-19-9-3-10-21-11-8-14-4-1-2-5-17(14)21/h1-2,4-7,12,19H,3,8-11,13H2. The molecular weight excluding hydrogens is 326 g/mol. The Hall–Kier alpha value is -1.39. The van der Waals surface area contributed by atoms with E-state index in [9.17, 15) is 0 Å². The second-order valence-electron chi connectivity index (χ2n) is 5.36. The van der Waals surface area contributed by atoms with Crippen LogP contribution in [0.1, 0.15) is 17.7 Å². The number of nitrogens with one attached hydrogen (secondary N) is 1. The summed E-state index contributed by atoms with van der Waals surface area (Å²) in [6, 6.07) is 12.8. The number of nitrogens with zero attached hydrogens (tertiary/aromatic N) is 2.